The van der Waals surface area contributed by atoms with Crippen molar-refractivity contribution in [3.05, 3.63) is 93.2 Å². The molecule has 0 spiro atoms. The van der Waals surface area contributed by atoms with E-state index in [1.165, 1.54) is 24.1 Å². The Morgan fingerprint density at radius 1 is 1.09 bits per heavy atom. The number of hydrogen-bond donors (Lipinski definition) is 1. The molecule has 32 heavy (non-hydrogen) atoms. The van der Waals surface area contributed by atoms with Gasteiger partial charge in [-0.2, -0.15) is 0 Å². The Morgan fingerprint density at radius 2 is 1.81 bits per heavy atom. The summed E-state index contributed by atoms with van der Waals surface area (Å²) < 4.78 is 5.33. The van der Waals surface area contributed by atoms with Gasteiger partial charge in [-0.3, -0.25) is 19.5 Å². The summed E-state index contributed by atoms with van der Waals surface area (Å²) in [5.74, 6) is -1.94. The lowest BCUT2D eigenvalue weighted by molar-refractivity contribution is -0.132. The second-order valence-corrected chi connectivity index (χ2v) is 8.07. The van der Waals surface area contributed by atoms with Gasteiger partial charge in [-0.25, -0.2) is 0 Å². The van der Waals surface area contributed by atoms with Gasteiger partial charge in [-0.15, -0.1) is 0 Å². The summed E-state index contributed by atoms with van der Waals surface area (Å²) in [6.45, 7) is 1.92. The number of aromatic nitrogens is 1. The van der Waals surface area contributed by atoms with Gasteiger partial charge in [0.15, 0.2) is 0 Å². The van der Waals surface area contributed by atoms with Crippen molar-refractivity contribution in [1.29, 1.82) is 0 Å². The predicted molar refractivity (Wildman–Crippen MR) is 123 cm³/mol. The van der Waals surface area contributed by atoms with Gasteiger partial charge in [0.1, 0.15) is 17.6 Å². The number of aliphatic hydroxyl groups excluding tert-OH is 1. The molecule has 1 aliphatic rings. The first kappa shape index (κ1) is 21.9. The molecule has 1 aliphatic heterocycles. The largest absolute Gasteiger partial charge is 0.507 e. The number of halogens is 2. The van der Waals surface area contributed by atoms with Crippen LogP contribution in [0.5, 0.6) is 5.75 Å². The summed E-state index contributed by atoms with van der Waals surface area (Å²) in [5.41, 5.74) is 1.89. The Balaban J connectivity index is 1.99. The highest BCUT2D eigenvalue weighted by Crippen LogP contribution is 2.44. The summed E-state index contributed by atoms with van der Waals surface area (Å²) in [4.78, 5) is 32.0. The van der Waals surface area contributed by atoms with E-state index in [0.29, 0.717) is 11.4 Å². The van der Waals surface area contributed by atoms with E-state index in [1.807, 2.05) is 19.1 Å². The van der Waals surface area contributed by atoms with E-state index in [9.17, 15) is 14.7 Å². The molecule has 0 aliphatic carbocycles. The topological polar surface area (TPSA) is 79.7 Å². The minimum Gasteiger partial charge on any atom is -0.507 e. The van der Waals surface area contributed by atoms with Crippen LogP contribution >= 0.6 is 23.2 Å². The van der Waals surface area contributed by atoms with Crippen LogP contribution in [0.1, 0.15) is 22.9 Å². The van der Waals surface area contributed by atoms with Crippen LogP contribution in [-0.2, 0) is 9.59 Å². The van der Waals surface area contributed by atoms with Crippen molar-refractivity contribution in [3.8, 4) is 5.75 Å². The van der Waals surface area contributed by atoms with Gasteiger partial charge < -0.3 is 9.84 Å². The highest BCUT2D eigenvalue weighted by Gasteiger charge is 2.48. The Labute approximate surface area is 194 Å². The van der Waals surface area contributed by atoms with E-state index in [-0.39, 0.29) is 26.9 Å². The number of hydrogen-bond acceptors (Lipinski definition) is 5. The molecular weight excluding hydrogens is 451 g/mol. The molecule has 4 rings (SSSR count). The summed E-state index contributed by atoms with van der Waals surface area (Å²) in [7, 11) is 1.38. The average molecular weight is 469 g/mol. The standard InChI is InChI=1S/C24H18Cl2N2O4/c1-13-6-8-15(9-7-13)28-20(18-5-3-4-10-27-18)19(22(30)24(28)31)21(29)16-11-14(25)12-17(26)23(16)32-2/h3-12,20,29H,1-2H3/b21-19+. The van der Waals surface area contributed by atoms with E-state index >= 15 is 0 Å². The number of ketones is 1. The number of ether oxygens (including phenoxy) is 1. The van der Waals surface area contributed by atoms with Gasteiger partial charge in [-0.1, -0.05) is 47.0 Å². The molecule has 2 aromatic carbocycles. The van der Waals surface area contributed by atoms with E-state index in [0.717, 1.165) is 5.56 Å². The molecule has 0 saturated carbocycles. The van der Waals surface area contributed by atoms with Crippen molar-refractivity contribution in [2.75, 3.05) is 12.0 Å². The van der Waals surface area contributed by atoms with Gasteiger partial charge >= 0.3 is 0 Å². The molecule has 8 heteroatoms. The number of carbonyl (C=O) groups is 2. The fourth-order valence-electron chi connectivity index (χ4n) is 3.71. The van der Waals surface area contributed by atoms with Crippen molar-refractivity contribution in [2.24, 2.45) is 0 Å². The van der Waals surface area contributed by atoms with Crippen molar-refractivity contribution in [1.82, 2.24) is 4.98 Å². The van der Waals surface area contributed by atoms with E-state index < -0.39 is 23.5 Å². The second-order valence-electron chi connectivity index (χ2n) is 7.23. The molecule has 162 valence electrons. The Morgan fingerprint density at radius 3 is 2.44 bits per heavy atom. The van der Waals surface area contributed by atoms with Crippen LogP contribution in [0.3, 0.4) is 0 Å². The predicted octanol–water partition coefficient (Wildman–Crippen LogP) is 5.33. The summed E-state index contributed by atoms with van der Waals surface area (Å²) in [6.07, 6.45) is 1.56. The molecule has 3 aromatic rings. The number of methoxy groups -OCH3 is 1. The maximum atomic E-state index is 13.2. The SMILES string of the molecule is COc1c(Cl)cc(Cl)cc1/C(O)=C1\C(=O)C(=O)N(c2ccc(C)cc2)C1c1ccccn1. The molecule has 6 nitrogen and oxygen atoms in total. The number of Topliss-reactive ketones (excluding diaryl/α,β-unsaturated/α-hetero) is 1. The van der Waals surface area contributed by atoms with Crippen molar-refractivity contribution in [2.45, 2.75) is 13.0 Å². The third kappa shape index (κ3) is 3.72. The number of aryl methyl sites for hydroxylation is 1. The summed E-state index contributed by atoms with van der Waals surface area (Å²) in [6, 6.07) is 14.2. The van der Waals surface area contributed by atoms with Crippen LogP contribution in [0.4, 0.5) is 5.69 Å². The van der Waals surface area contributed by atoms with Crippen LogP contribution in [0.25, 0.3) is 5.76 Å². The quantitative estimate of drug-likeness (QED) is 0.317. The second kappa shape index (κ2) is 8.65. The number of amides is 1. The molecule has 2 heterocycles. The number of carbonyl (C=O) groups excluding carboxylic acids is 2. The number of nitrogens with zero attached hydrogens (tertiary/aromatic N) is 2. The molecular formula is C24H18Cl2N2O4. The maximum Gasteiger partial charge on any atom is 0.300 e. The zero-order valence-corrected chi connectivity index (χ0v) is 18.7. The van der Waals surface area contributed by atoms with Crippen LogP contribution in [0.2, 0.25) is 10.0 Å². The van der Waals surface area contributed by atoms with Crippen molar-refractivity contribution < 1.29 is 19.4 Å². The van der Waals surface area contributed by atoms with E-state index in [1.54, 1.807) is 36.5 Å². The molecule has 1 saturated heterocycles. The molecule has 1 unspecified atom stereocenters. The molecule has 1 N–H and O–H groups in total. The fourth-order valence-corrected chi connectivity index (χ4v) is 4.28. The monoisotopic (exact) mass is 468 g/mol. The van der Waals surface area contributed by atoms with E-state index in [4.69, 9.17) is 27.9 Å². The van der Waals surface area contributed by atoms with E-state index in [2.05, 4.69) is 4.98 Å². The summed E-state index contributed by atoms with van der Waals surface area (Å²) in [5, 5.41) is 11.7. The van der Waals surface area contributed by atoms with Crippen molar-refractivity contribution >= 4 is 46.3 Å². The molecule has 1 aromatic heterocycles. The number of aliphatic hydroxyl groups is 1. The normalized spacial score (nSPS) is 17.6. The van der Waals surface area contributed by atoms with Gasteiger partial charge in [0.05, 0.1) is 29.0 Å². The van der Waals surface area contributed by atoms with Gasteiger partial charge in [0, 0.05) is 16.9 Å². The first-order valence-electron chi connectivity index (χ1n) is 9.65. The zero-order chi connectivity index (χ0) is 23.0. The fraction of sp³-hybridized carbons (Fsp3) is 0.125. The number of pyridine rings is 1. The van der Waals surface area contributed by atoms with Crippen LogP contribution in [-0.4, -0.2) is 28.9 Å². The van der Waals surface area contributed by atoms with Gasteiger partial charge in [0.2, 0.25) is 0 Å². The maximum absolute atomic E-state index is 13.2. The highest BCUT2D eigenvalue weighted by molar-refractivity contribution is 6.51. The lowest BCUT2D eigenvalue weighted by atomic mass is 9.97. The minimum atomic E-state index is -0.957. The van der Waals surface area contributed by atoms with Gasteiger partial charge in [0.25, 0.3) is 11.7 Å². The van der Waals surface area contributed by atoms with Crippen LogP contribution < -0.4 is 9.64 Å². The molecule has 0 radical (unpaired) electrons. The Hall–Kier alpha value is -3.35. The first-order chi connectivity index (χ1) is 15.3. The molecule has 0 bridgehead atoms. The molecule has 1 fully saturated rings. The first-order valence-corrected chi connectivity index (χ1v) is 10.4. The smallest absolute Gasteiger partial charge is 0.300 e. The minimum absolute atomic E-state index is 0.104. The number of anilines is 1. The lowest BCUT2D eigenvalue weighted by Crippen LogP contribution is -2.29. The van der Waals surface area contributed by atoms with Crippen molar-refractivity contribution in [3.63, 3.8) is 0 Å². The van der Waals surface area contributed by atoms with Crippen LogP contribution in [0.15, 0.2) is 66.4 Å². The highest BCUT2D eigenvalue weighted by atomic mass is 35.5. The Kier molecular flexibility index (Phi) is 5.91. The third-order valence-electron chi connectivity index (χ3n) is 5.19. The molecule has 1 amide bonds. The number of rotatable bonds is 4. The van der Waals surface area contributed by atoms with Crippen LogP contribution in [0, 0.1) is 6.92 Å². The van der Waals surface area contributed by atoms with Gasteiger partial charge in [-0.05, 0) is 43.3 Å². The zero-order valence-electron chi connectivity index (χ0n) is 17.2. The lowest BCUT2D eigenvalue weighted by Gasteiger charge is -2.25. The summed E-state index contributed by atoms with van der Waals surface area (Å²) >= 11 is 12.4. The molecule has 1 atom stereocenters. The average Bonchev–Trinajstić information content (AvgIpc) is 3.04. The third-order valence-corrected chi connectivity index (χ3v) is 5.69. The Bertz CT molecular complexity index is 1240. The number of benzene rings is 2.